The molecule has 0 atom stereocenters. The summed E-state index contributed by atoms with van der Waals surface area (Å²) in [5.74, 6) is 1.10. The second-order valence-electron chi connectivity index (χ2n) is 7.07. The van der Waals surface area contributed by atoms with Gasteiger partial charge in [-0.25, -0.2) is 14.4 Å². The average Bonchev–Trinajstić information content (AvgIpc) is 3.34. The molecule has 28 heavy (non-hydrogen) atoms. The number of ether oxygens (including phenoxy) is 1. The highest BCUT2D eigenvalue weighted by molar-refractivity contribution is 5.86. The third kappa shape index (κ3) is 2.92. The van der Waals surface area contributed by atoms with Crippen LogP contribution in [0.2, 0.25) is 0 Å². The quantitative estimate of drug-likeness (QED) is 0.576. The molecule has 0 aliphatic carbocycles. The second-order valence-corrected chi connectivity index (χ2v) is 7.07. The predicted molar refractivity (Wildman–Crippen MR) is 104 cm³/mol. The summed E-state index contributed by atoms with van der Waals surface area (Å²) in [7, 11) is 0. The summed E-state index contributed by atoms with van der Waals surface area (Å²) < 4.78 is 28.1. The fourth-order valence-electron chi connectivity index (χ4n) is 3.86. The summed E-state index contributed by atoms with van der Waals surface area (Å²) in [4.78, 5) is 8.80. The third-order valence-electron chi connectivity index (χ3n) is 5.26. The lowest BCUT2D eigenvalue weighted by Gasteiger charge is -2.20. The minimum atomic E-state index is -0.360. The van der Waals surface area contributed by atoms with Crippen molar-refractivity contribution in [3.05, 3.63) is 48.3 Å². The van der Waals surface area contributed by atoms with Crippen LogP contribution < -0.4 is 10.1 Å². The van der Waals surface area contributed by atoms with Crippen molar-refractivity contribution in [2.24, 2.45) is 0 Å². The monoisotopic (exact) mass is 380 g/mol. The van der Waals surface area contributed by atoms with Crippen molar-refractivity contribution in [3.8, 4) is 17.2 Å². The first-order chi connectivity index (χ1) is 13.7. The van der Waals surface area contributed by atoms with E-state index in [-0.39, 0.29) is 5.82 Å². The zero-order valence-electron chi connectivity index (χ0n) is 15.6. The number of hydrogen-bond acceptors (Lipinski definition) is 5. The molecule has 4 aromatic heterocycles. The molecule has 5 rings (SSSR count). The van der Waals surface area contributed by atoms with Crippen molar-refractivity contribution in [3.63, 3.8) is 0 Å². The molecule has 5 heterocycles. The maximum Gasteiger partial charge on any atom is 0.224 e. The van der Waals surface area contributed by atoms with Gasteiger partial charge in [-0.2, -0.15) is 0 Å². The Morgan fingerprint density at radius 2 is 2.14 bits per heavy atom. The number of imidazole rings is 1. The average molecular weight is 380 g/mol. The summed E-state index contributed by atoms with van der Waals surface area (Å²) in [6.45, 7) is 4.37. The molecular weight excluding hydrogens is 359 g/mol. The van der Waals surface area contributed by atoms with Crippen molar-refractivity contribution < 1.29 is 13.5 Å². The van der Waals surface area contributed by atoms with Gasteiger partial charge in [-0.15, -0.1) is 0 Å². The molecule has 0 bridgehead atoms. The molecule has 1 saturated heterocycles. The van der Waals surface area contributed by atoms with Gasteiger partial charge in [-0.3, -0.25) is 0 Å². The fourth-order valence-corrected chi connectivity index (χ4v) is 3.86. The molecule has 0 unspecified atom stereocenters. The van der Waals surface area contributed by atoms with Crippen molar-refractivity contribution in [1.29, 1.82) is 0 Å². The van der Waals surface area contributed by atoms with Crippen LogP contribution in [0.3, 0.4) is 0 Å². The first-order valence-electron chi connectivity index (χ1n) is 9.63. The molecule has 0 amide bonds. The third-order valence-corrected chi connectivity index (χ3v) is 5.26. The normalized spacial score (nSPS) is 15.5. The Hall–Kier alpha value is -2.93. The van der Waals surface area contributed by atoms with Gasteiger partial charge in [0.2, 0.25) is 5.88 Å². The van der Waals surface area contributed by atoms with E-state index in [1.807, 2.05) is 25.4 Å². The summed E-state index contributed by atoms with van der Waals surface area (Å²) >= 11 is 0. The van der Waals surface area contributed by atoms with Crippen LogP contribution in [0.4, 0.5) is 4.39 Å². The maximum atomic E-state index is 14.8. The van der Waals surface area contributed by atoms with Crippen LogP contribution >= 0.6 is 0 Å². The summed E-state index contributed by atoms with van der Waals surface area (Å²) in [6, 6.07) is 5.10. The smallest absolute Gasteiger partial charge is 0.224 e. The Balaban J connectivity index is 1.57. The van der Waals surface area contributed by atoms with Crippen LogP contribution in [0.1, 0.15) is 31.4 Å². The predicted octanol–water partition coefficient (Wildman–Crippen LogP) is 4.15. The molecule has 1 N–H and O–H groups in total. The molecule has 0 aromatic carbocycles. The topological polar surface area (TPSA) is 64.6 Å². The Morgan fingerprint density at radius 1 is 1.29 bits per heavy atom. The van der Waals surface area contributed by atoms with E-state index in [1.54, 1.807) is 16.7 Å². The van der Waals surface area contributed by atoms with Gasteiger partial charge < -0.3 is 18.9 Å². The molecule has 7 heteroatoms. The van der Waals surface area contributed by atoms with Crippen molar-refractivity contribution in [2.75, 3.05) is 19.7 Å². The van der Waals surface area contributed by atoms with E-state index < -0.39 is 0 Å². The fraction of sp³-hybridized carbons (Fsp3) is 0.333. The summed E-state index contributed by atoms with van der Waals surface area (Å²) in [5.41, 5.74) is 2.61. The number of rotatable bonds is 4. The molecule has 144 valence electrons. The zero-order valence-corrected chi connectivity index (χ0v) is 15.6. The van der Waals surface area contributed by atoms with Gasteiger partial charge in [0.05, 0.1) is 17.7 Å². The van der Waals surface area contributed by atoms with Gasteiger partial charge in [0.25, 0.3) is 0 Å². The van der Waals surface area contributed by atoms with E-state index in [0.29, 0.717) is 41.0 Å². The van der Waals surface area contributed by atoms with E-state index in [4.69, 9.17) is 9.15 Å². The minimum absolute atomic E-state index is 0.352. The molecule has 1 aliphatic heterocycles. The number of nitrogens with zero attached hydrogens (tertiary/aromatic N) is 3. The summed E-state index contributed by atoms with van der Waals surface area (Å²) in [5, 5.41) is 4.13. The molecule has 4 aromatic rings. The van der Waals surface area contributed by atoms with Gasteiger partial charge in [-0.1, -0.05) is 0 Å². The van der Waals surface area contributed by atoms with E-state index >= 15 is 0 Å². The second kappa shape index (κ2) is 6.91. The maximum absolute atomic E-state index is 14.8. The zero-order chi connectivity index (χ0) is 19.1. The number of halogens is 1. The van der Waals surface area contributed by atoms with Crippen molar-refractivity contribution in [1.82, 2.24) is 19.7 Å². The Kier molecular flexibility index (Phi) is 4.24. The van der Waals surface area contributed by atoms with E-state index in [1.165, 1.54) is 6.07 Å². The van der Waals surface area contributed by atoms with Crippen LogP contribution in [0.5, 0.6) is 5.88 Å². The van der Waals surface area contributed by atoms with Crippen LogP contribution in [-0.4, -0.2) is 34.1 Å². The number of pyridine rings is 2. The largest absolute Gasteiger partial charge is 0.477 e. The molecule has 1 aliphatic rings. The van der Waals surface area contributed by atoms with E-state index in [2.05, 4.69) is 15.3 Å². The van der Waals surface area contributed by atoms with Crippen LogP contribution in [0, 0.1) is 5.82 Å². The first-order valence-corrected chi connectivity index (χ1v) is 9.63. The minimum Gasteiger partial charge on any atom is -0.477 e. The molecule has 0 radical (unpaired) electrons. The SMILES string of the molecule is CCOc1nccc2oc(-c3cc(F)c4nc(C5CCNCC5)cn4c3)cc12. The standard InChI is InChI=1S/C21H21FN4O2/c1-2-27-21-15-10-19(28-18(15)5-8-24-21)14-9-16(22)20-25-17(12-26(20)11-14)13-3-6-23-7-4-13/h5,8-13,23H,2-4,6-7H2,1H3. The van der Waals surface area contributed by atoms with Crippen LogP contribution in [0.25, 0.3) is 27.9 Å². The molecule has 0 saturated carbocycles. The van der Waals surface area contributed by atoms with Gasteiger partial charge in [0.1, 0.15) is 11.3 Å². The van der Waals surface area contributed by atoms with Gasteiger partial charge in [0, 0.05) is 36.1 Å². The van der Waals surface area contributed by atoms with Gasteiger partial charge in [0.15, 0.2) is 11.5 Å². The lowest BCUT2D eigenvalue weighted by atomic mass is 9.95. The number of hydrogen-bond donors (Lipinski definition) is 1. The van der Waals surface area contributed by atoms with Crippen molar-refractivity contribution >= 4 is 16.6 Å². The molecular formula is C21H21FN4O2. The molecule has 0 spiro atoms. The lowest BCUT2D eigenvalue weighted by Crippen LogP contribution is -2.26. The lowest BCUT2D eigenvalue weighted by molar-refractivity contribution is 0.331. The van der Waals surface area contributed by atoms with Crippen molar-refractivity contribution in [2.45, 2.75) is 25.7 Å². The highest BCUT2D eigenvalue weighted by atomic mass is 19.1. The Labute approximate surface area is 161 Å². The van der Waals surface area contributed by atoms with E-state index in [9.17, 15) is 4.39 Å². The summed E-state index contributed by atoms with van der Waals surface area (Å²) in [6.07, 6.45) is 7.49. The highest BCUT2D eigenvalue weighted by Gasteiger charge is 2.20. The molecule has 1 fully saturated rings. The number of fused-ring (bicyclic) bond motifs is 2. The Morgan fingerprint density at radius 3 is 2.96 bits per heavy atom. The van der Waals surface area contributed by atoms with E-state index in [0.717, 1.165) is 37.0 Å². The Bertz CT molecular complexity index is 1140. The van der Waals surface area contributed by atoms with Crippen LogP contribution in [-0.2, 0) is 0 Å². The van der Waals surface area contributed by atoms with Crippen LogP contribution in [0.15, 0.2) is 41.2 Å². The van der Waals surface area contributed by atoms with Gasteiger partial charge in [-0.05, 0) is 45.0 Å². The number of nitrogens with one attached hydrogen (secondary N) is 1. The number of piperidine rings is 1. The number of aromatic nitrogens is 3. The molecule has 6 nitrogen and oxygen atoms in total. The number of furan rings is 1. The first kappa shape index (κ1) is 17.2. The van der Waals surface area contributed by atoms with Gasteiger partial charge >= 0.3 is 0 Å². The highest BCUT2D eigenvalue weighted by Crippen LogP contribution is 2.33.